The van der Waals surface area contributed by atoms with Crippen molar-refractivity contribution in [1.29, 1.82) is 5.26 Å². The fourth-order valence-electron chi connectivity index (χ4n) is 2.19. The first-order chi connectivity index (χ1) is 12.4. The van der Waals surface area contributed by atoms with E-state index in [1.165, 1.54) is 6.08 Å². The highest BCUT2D eigenvalue weighted by Crippen LogP contribution is 2.33. The first kappa shape index (κ1) is 20.7. The summed E-state index contributed by atoms with van der Waals surface area (Å²) < 4.78 is 7.22. The Morgan fingerprint density at radius 1 is 1.46 bits per heavy atom. The lowest BCUT2D eigenvalue weighted by Gasteiger charge is -2.10. The Kier molecular flexibility index (Phi) is 7.50. The summed E-state index contributed by atoms with van der Waals surface area (Å²) in [4.78, 5) is 12.5. The second kappa shape index (κ2) is 9.40. The predicted octanol–water partition coefficient (Wildman–Crippen LogP) is 5.96. The van der Waals surface area contributed by atoms with Gasteiger partial charge < -0.3 is 10.1 Å². The molecule has 2 aromatic rings. The maximum Gasteiger partial charge on any atom is 0.266 e. The molecule has 0 aliphatic heterocycles. The van der Waals surface area contributed by atoms with E-state index in [0.717, 1.165) is 24.9 Å². The molecule has 0 aliphatic carbocycles. The Labute approximate surface area is 179 Å². The summed E-state index contributed by atoms with van der Waals surface area (Å²) in [5.41, 5.74) is 2.04. The topological polar surface area (TPSA) is 62.1 Å². The summed E-state index contributed by atoms with van der Waals surface area (Å²) >= 11 is 11.7. The van der Waals surface area contributed by atoms with Crippen LogP contribution in [0.3, 0.4) is 0 Å². The minimum Gasteiger partial charge on any atom is -0.492 e. The third-order valence-corrected chi connectivity index (χ3v) is 5.30. The molecule has 2 rings (SSSR count). The third kappa shape index (κ3) is 5.00. The van der Waals surface area contributed by atoms with Crippen LogP contribution in [0.1, 0.15) is 18.1 Å². The van der Waals surface area contributed by atoms with Gasteiger partial charge in [0.2, 0.25) is 0 Å². The molecule has 0 aliphatic rings. The third-order valence-electron chi connectivity index (χ3n) is 3.50. The van der Waals surface area contributed by atoms with Crippen LogP contribution in [0, 0.1) is 21.8 Å². The normalized spacial score (nSPS) is 11.0. The molecule has 0 bridgehead atoms. The number of carbonyl (C=O) groups excluding carboxylic acids is 1. The molecule has 1 N–H and O–H groups in total. The van der Waals surface area contributed by atoms with Gasteiger partial charge >= 0.3 is 0 Å². The second-order valence-corrected chi connectivity index (χ2v) is 7.71. The largest absolute Gasteiger partial charge is 0.492 e. The van der Waals surface area contributed by atoms with Gasteiger partial charge in [-0.3, -0.25) is 4.79 Å². The fourth-order valence-corrected chi connectivity index (χ4v) is 4.14. The molecule has 0 aromatic heterocycles. The lowest BCUT2D eigenvalue weighted by atomic mass is 10.1. The van der Waals surface area contributed by atoms with Crippen LogP contribution in [0.25, 0.3) is 6.08 Å². The highest BCUT2D eigenvalue weighted by Gasteiger charge is 2.13. The van der Waals surface area contributed by atoms with Crippen molar-refractivity contribution in [2.24, 2.45) is 0 Å². The minimum atomic E-state index is -0.488. The van der Waals surface area contributed by atoms with Crippen molar-refractivity contribution in [3.63, 3.8) is 0 Å². The molecule has 0 saturated carbocycles. The van der Waals surface area contributed by atoms with Crippen LogP contribution in [-0.2, 0) is 4.79 Å². The molecule has 4 nitrogen and oxygen atoms in total. The smallest absolute Gasteiger partial charge is 0.266 e. The molecule has 7 heteroatoms. The number of anilines is 1. The van der Waals surface area contributed by atoms with E-state index in [2.05, 4.69) is 43.8 Å². The van der Waals surface area contributed by atoms with Gasteiger partial charge in [0.1, 0.15) is 17.4 Å². The molecule has 0 atom stereocenters. The Morgan fingerprint density at radius 2 is 2.19 bits per heavy atom. The molecular weight excluding hydrogens is 530 g/mol. The average Bonchev–Trinajstić information content (AvgIpc) is 2.60. The number of amides is 1. The van der Waals surface area contributed by atoms with Crippen molar-refractivity contribution >= 4 is 67.8 Å². The second-order valence-electron chi connectivity index (χ2n) is 5.28. The van der Waals surface area contributed by atoms with Gasteiger partial charge in [-0.25, -0.2) is 0 Å². The Bertz CT molecular complexity index is 899. The van der Waals surface area contributed by atoms with Crippen LogP contribution in [0.4, 0.5) is 5.69 Å². The zero-order chi connectivity index (χ0) is 19.3. The molecule has 0 spiro atoms. The molecule has 0 heterocycles. The number of benzene rings is 2. The van der Waals surface area contributed by atoms with Gasteiger partial charge in [-0.1, -0.05) is 17.7 Å². The summed E-state index contributed by atoms with van der Waals surface area (Å²) in [5, 5.41) is 12.7. The van der Waals surface area contributed by atoms with Gasteiger partial charge in [0.05, 0.1) is 14.6 Å². The Balaban J connectivity index is 2.31. The molecule has 0 saturated heterocycles. The number of hydrogen-bond acceptors (Lipinski definition) is 3. The SMILES string of the molecule is CCOc1c(Br)cc(/C=C(/C#N)C(=O)Nc2cccc(Cl)c2C)cc1I. The summed E-state index contributed by atoms with van der Waals surface area (Å²) in [6.07, 6.45) is 1.54. The average molecular weight is 546 g/mol. The number of nitrogens with one attached hydrogen (secondary N) is 1. The first-order valence-corrected chi connectivity index (χ1v) is 9.92. The van der Waals surface area contributed by atoms with E-state index in [1.807, 2.05) is 25.1 Å². The van der Waals surface area contributed by atoms with Crippen LogP contribution in [0.2, 0.25) is 5.02 Å². The van der Waals surface area contributed by atoms with Crippen LogP contribution < -0.4 is 10.1 Å². The van der Waals surface area contributed by atoms with Crippen LogP contribution in [0.15, 0.2) is 40.4 Å². The number of nitrogens with zero attached hydrogens (tertiary/aromatic N) is 1. The van der Waals surface area contributed by atoms with E-state index in [9.17, 15) is 10.1 Å². The maximum atomic E-state index is 12.5. The molecule has 0 radical (unpaired) electrons. The fraction of sp³-hybridized carbons (Fsp3) is 0.158. The molecule has 0 unspecified atom stereocenters. The van der Waals surface area contributed by atoms with Crippen molar-refractivity contribution in [3.8, 4) is 11.8 Å². The van der Waals surface area contributed by atoms with Crippen molar-refractivity contribution in [2.45, 2.75) is 13.8 Å². The Morgan fingerprint density at radius 3 is 2.81 bits per heavy atom. The van der Waals surface area contributed by atoms with E-state index in [4.69, 9.17) is 16.3 Å². The lowest BCUT2D eigenvalue weighted by Crippen LogP contribution is -2.14. The number of halogens is 3. The number of rotatable bonds is 5. The first-order valence-electron chi connectivity index (χ1n) is 7.67. The van der Waals surface area contributed by atoms with E-state index in [1.54, 1.807) is 25.1 Å². The van der Waals surface area contributed by atoms with Gasteiger partial charge in [-0.15, -0.1) is 0 Å². The van der Waals surface area contributed by atoms with Crippen molar-refractivity contribution in [2.75, 3.05) is 11.9 Å². The molecule has 26 heavy (non-hydrogen) atoms. The van der Waals surface area contributed by atoms with Crippen molar-refractivity contribution in [3.05, 3.63) is 60.1 Å². The molecule has 0 fully saturated rings. The number of carbonyl (C=O) groups is 1. The highest BCUT2D eigenvalue weighted by atomic mass is 127. The highest BCUT2D eigenvalue weighted by molar-refractivity contribution is 14.1. The predicted molar refractivity (Wildman–Crippen MR) is 116 cm³/mol. The van der Waals surface area contributed by atoms with E-state index >= 15 is 0 Å². The zero-order valence-electron chi connectivity index (χ0n) is 14.1. The molecule has 2 aromatic carbocycles. The van der Waals surface area contributed by atoms with Gasteiger partial charge in [0, 0.05) is 10.7 Å². The van der Waals surface area contributed by atoms with E-state index in [-0.39, 0.29) is 5.57 Å². The summed E-state index contributed by atoms with van der Waals surface area (Å²) in [6.45, 7) is 4.26. The van der Waals surface area contributed by atoms with Gasteiger partial charge in [-0.05, 0) is 93.8 Å². The number of ether oxygens (including phenoxy) is 1. The lowest BCUT2D eigenvalue weighted by molar-refractivity contribution is -0.112. The zero-order valence-corrected chi connectivity index (χ0v) is 18.6. The van der Waals surface area contributed by atoms with E-state index < -0.39 is 5.91 Å². The van der Waals surface area contributed by atoms with Crippen molar-refractivity contribution in [1.82, 2.24) is 0 Å². The van der Waals surface area contributed by atoms with Gasteiger partial charge in [0.25, 0.3) is 5.91 Å². The molecular formula is C19H15BrClIN2O2. The maximum absolute atomic E-state index is 12.5. The number of hydrogen-bond donors (Lipinski definition) is 1. The summed E-state index contributed by atoms with van der Waals surface area (Å²) in [6, 6.07) is 10.8. The molecule has 1 amide bonds. The standard InChI is InChI=1S/C19H15BrClIN2O2/c1-3-26-18-14(20)8-12(9-16(18)22)7-13(10-23)19(25)24-17-6-4-5-15(21)11(17)2/h4-9H,3H2,1-2H3,(H,24,25)/b13-7-. The van der Waals surface area contributed by atoms with Crippen LogP contribution >= 0.6 is 50.1 Å². The van der Waals surface area contributed by atoms with Crippen LogP contribution in [-0.4, -0.2) is 12.5 Å². The van der Waals surface area contributed by atoms with E-state index in [0.29, 0.717) is 17.3 Å². The molecule has 134 valence electrons. The quantitative estimate of drug-likeness (QED) is 0.287. The van der Waals surface area contributed by atoms with Crippen molar-refractivity contribution < 1.29 is 9.53 Å². The van der Waals surface area contributed by atoms with Crippen LogP contribution in [0.5, 0.6) is 5.75 Å². The van der Waals surface area contributed by atoms with Gasteiger partial charge in [0.15, 0.2) is 0 Å². The minimum absolute atomic E-state index is 0.00349. The van der Waals surface area contributed by atoms with Gasteiger partial charge in [-0.2, -0.15) is 5.26 Å². The Hall–Kier alpha value is -1.56. The summed E-state index contributed by atoms with van der Waals surface area (Å²) in [7, 11) is 0. The number of nitriles is 1. The summed E-state index contributed by atoms with van der Waals surface area (Å²) in [5.74, 6) is 0.251. The monoisotopic (exact) mass is 544 g/mol.